The number of hydrogen-bond donors (Lipinski definition) is 5. The molecule has 2 fully saturated rings. The SMILES string of the molecule is O=C1C2C=CC(CN3C(O)C=C(Oc4cc(Cl)cc(Cl)c4)C3O)=CC2C(=O)N1C1CCC(O)NC1O. The zero-order valence-electron chi connectivity index (χ0n) is 18.9. The molecule has 1 aromatic carbocycles. The summed E-state index contributed by atoms with van der Waals surface area (Å²) in [5, 5.41) is 44.5. The lowest BCUT2D eigenvalue weighted by Crippen LogP contribution is -2.58. The first kappa shape index (κ1) is 25.4. The highest BCUT2D eigenvalue weighted by molar-refractivity contribution is 6.34. The highest BCUT2D eigenvalue weighted by Gasteiger charge is 2.51. The van der Waals surface area contributed by atoms with Crippen LogP contribution in [0.1, 0.15) is 12.8 Å². The number of likely N-dealkylation sites (tertiary alicyclic amines) is 1. The fourth-order valence-corrected chi connectivity index (χ4v) is 5.55. The number of fused-ring (bicyclic) bond motifs is 1. The van der Waals surface area contributed by atoms with Gasteiger partial charge in [-0.15, -0.1) is 0 Å². The quantitative estimate of drug-likeness (QED) is 0.343. The Morgan fingerprint density at radius 2 is 1.67 bits per heavy atom. The van der Waals surface area contributed by atoms with Gasteiger partial charge in [-0.05, 0) is 36.6 Å². The lowest BCUT2D eigenvalue weighted by atomic mass is 9.87. The van der Waals surface area contributed by atoms with E-state index < -0.39 is 54.6 Å². The standard InChI is InChI=1S/C24H25Cl2N3O7/c25-12-6-13(26)8-14(7-12)36-18-9-20(31)28(24(18)35)10-11-1-2-15-16(5-11)23(34)29(22(15)33)17-3-4-19(30)27-21(17)32/h1-2,5-9,15-17,19-21,24,27,30-32,35H,3-4,10H2. The fourth-order valence-electron chi connectivity index (χ4n) is 5.05. The van der Waals surface area contributed by atoms with Crippen molar-refractivity contribution in [3.63, 3.8) is 0 Å². The minimum atomic E-state index is -1.28. The Kier molecular flexibility index (Phi) is 6.96. The zero-order chi connectivity index (χ0) is 25.7. The van der Waals surface area contributed by atoms with Crippen molar-refractivity contribution < 1.29 is 34.8 Å². The third-order valence-electron chi connectivity index (χ3n) is 6.80. The number of aliphatic hydroxyl groups is 4. The molecule has 1 aromatic rings. The van der Waals surface area contributed by atoms with Gasteiger partial charge in [0.05, 0.1) is 17.9 Å². The number of imide groups is 1. The second-order valence-electron chi connectivity index (χ2n) is 9.21. The first-order valence-corrected chi connectivity index (χ1v) is 12.2. The highest BCUT2D eigenvalue weighted by Crippen LogP contribution is 2.37. The molecule has 10 nitrogen and oxygen atoms in total. The molecule has 5 rings (SSSR count). The largest absolute Gasteiger partial charge is 0.458 e. The van der Waals surface area contributed by atoms with Gasteiger partial charge in [0, 0.05) is 22.7 Å². The lowest BCUT2D eigenvalue weighted by molar-refractivity contribution is -0.149. The molecule has 7 atom stereocenters. The maximum atomic E-state index is 13.2. The summed E-state index contributed by atoms with van der Waals surface area (Å²) in [7, 11) is 0. The first-order chi connectivity index (χ1) is 17.1. The average molecular weight is 538 g/mol. The molecule has 36 heavy (non-hydrogen) atoms. The molecule has 2 amide bonds. The van der Waals surface area contributed by atoms with E-state index in [-0.39, 0.29) is 18.7 Å². The predicted octanol–water partition coefficient (Wildman–Crippen LogP) is 0.695. The molecule has 192 valence electrons. The van der Waals surface area contributed by atoms with E-state index >= 15 is 0 Å². The molecule has 1 aliphatic carbocycles. The number of carbonyl (C=O) groups is 2. The van der Waals surface area contributed by atoms with Crippen molar-refractivity contribution in [3.8, 4) is 5.75 Å². The van der Waals surface area contributed by atoms with E-state index in [9.17, 15) is 30.0 Å². The minimum Gasteiger partial charge on any atom is -0.458 e. The van der Waals surface area contributed by atoms with E-state index in [0.717, 1.165) is 4.90 Å². The van der Waals surface area contributed by atoms with Crippen molar-refractivity contribution in [2.45, 2.75) is 43.8 Å². The number of hydrogen-bond acceptors (Lipinski definition) is 9. The number of carbonyl (C=O) groups excluding carboxylic acids is 2. The summed E-state index contributed by atoms with van der Waals surface area (Å²) < 4.78 is 5.69. The van der Waals surface area contributed by atoms with Gasteiger partial charge in [0.2, 0.25) is 11.8 Å². The Morgan fingerprint density at radius 3 is 2.36 bits per heavy atom. The van der Waals surface area contributed by atoms with Crippen molar-refractivity contribution in [1.29, 1.82) is 0 Å². The van der Waals surface area contributed by atoms with Gasteiger partial charge >= 0.3 is 0 Å². The Morgan fingerprint density at radius 1 is 0.972 bits per heavy atom. The molecule has 0 bridgehead atoms. The molecule has 5 N–H and O–H groups in total. The number of benzene rings is 1. The van der Waals surface area contributed by atoms with Crippen LogP contribution in [0.25, 0.3) is 0 Å². The van der Waals surface area contributed by atoms with E-state index in [1.54, 1.807) is 18.2 Å². The molecule has 3 aliphatic heterocycles. The second kappa shape index (κ2) is 9.88. The normalized spacial score (nSPS) is 34.6. The van der Waals surface area contributed by atoms with Crippen LogP contribution in [0, 0.1) is 11.8 Å². The van der Waals surface area contributed by atoms with Gasteiger partial charge in [-0.2, -0.15) is 0 Å². The number of piperidine rings is 1. The summed E-state index contributed by atoms with van der Waals surface area (Å²) in [6.07, 6.45) is 2.35. The molecule has 0 aromatic heterocycles. The summed E-state index contributed by atoms with van der Waals surface area (Å²) >= 11 is 12.0. The molecule has 2 saturated heterocycles. The van der Waals surface area contributed by atoms with Crippen molar-refractivity contribution in [1.82, 2.24) is 15.1 Å². The van der Waals surface area contributed by atoms with Crippen LogP contribution < -0.4 is 10.1 Å². The Bertz CT molecular complexity index is 1150. The third-order valence-corrected chi connectivity index (χ3v) is 7.23. The Hall–Kier alpha value is -2.28. The van der Waals surface area contributed by atoms with Gasteiger partial charge in [-0.25, -0.2) is 4.90 Å². The molecule has 3 heterocycles. The molecule has 0 saturated carbocycles. The lowest BCUT2D eigenvalue weighted by Gasteiger charge is -2.36. The van der Waals surface area contributed by atoms with Gasteiger partial charge in [-0.1, -0.05) is 41.4 Å². The van der Waals surface area contributed by atoms with E-state index in [1.165, 1.54) is 29.2 Å². The highest BCUT2D eigenvalue weighted by atomic mass is 35.5. The fraction of sp³-hybridized carbons (Fsp3) is 0.417. The number of nitrogens with zero attached hydrogens (tertiary/aromatic N) is 2. The maximum absolute atomic E-state index is 13.2. The Balaban J connectivity index is 1.28. The number of halogens is 2. The predicted molar refractivity (Wildman–Crippen MR) is 128 cm³/mol. The average Bonchev–Trinajstić information content (AvgIpc) is 3.20. The van der Waals surface area contributed by atoms with Crippen molar-refractivity contribution in [2.24, 2.45) is 11.8 Å². The van der Waals surface area contributed by atoms with Crippen LogP contribution in [-0.2, 0) is 9.59 Å². The third kappa shape index (κ3) is 4.71. The number of rotatable bonds is 5. The molecular weight excluding hydrogens is 513 g/mol. The number of aliphatic hydroxyl groups excluding tert-OH is 4. The van der Waals surface area contributed by atoms with Gasteiger partial charge in [0.15, 0.2) is 6.23 Å². The zero-order valence-corrected chi connectivity index (χ0v) is 20.4. The smallest absolute Gasteiger partial charge is 0.237 e. The van der Waals surface area contributed by atoms with Crippen LogP contribution in [0.3, 0.4) is 0 Å². The van der Waals surface area contributed by atoms with E-state index in [1.807, 2.05) is 0 Å². The van der Waals surface area contributed by atoms with Gasteiger partial charge in [0.25, 0.3) is 0 Å². The number of amides is 2. The topological polar surface area (TPSA) is 143 Å². The van der Waals surface area contributed by atoms with Crippen LogP contribution in [0.15, 0.2) is 53.8 Å². The van der Waals surface area contributed by atoms with E-state index in [4.69, 9.17) is 27.9 Å². The van der Waals surface area contributed by atoms with Crippen LogP contribution in [0.5, 0.6) is 5.75 Å². The van der Waals surface area contributed by atoms with Crippen LogP contribution >= 0.6 is 23.2 Å². The van der Waals surface area contributed by atoms with Crippen LogP contribution in [-0.4, -0.2) is 79.5 Å². The molecule has 0 spiro atoms. The van der Waals surface area contributed by atoms with Gasteiger partial charge in [-0.3, -0.25) is 19.8 Å². The van der Waals surface area contributed by atoms with E-state index in [2.05, 4.69) is 5.32 Å². The van der Waals surface area contributed by atoms with Crippen LogP contribution in [0.2, 0.25) is 10.0 Å². The summed E-state index contributed by atoms with van der Waals surface area (Å²) in [5.74, 6) is -1.90. The summed E-state index contributed by atoms with van der Waals surface area (Å²) in [6, 6.07) is 3.82. The summed E-state index contributed by atoms with van der Waals surface area (Å²) in [4.78, 5) is 28.6. The molecule has 7 unspecified atom stereocenters. The van der Waals surface area contributed by atoms with Crippen LogP contribution in [0.4, 0.5) is 0 Å². The van der Waals surface area contributed by atoms with Crippen molar-refractivity contribution >= 4 is 35.0 Å². The Labute approximate surface area is 216 Å². The monoisotopic (exact) mass is 537 g/mol. The second-order valence-corrected chi connectivity index (χ2v) is 10.1. The molecular formula is C24H25Cl2N3O7. The van der Waals surface area contributed by atoms with Gasteiger partial charge in [0.1, 0.15) is 30.2 Å². The first-order valence-electron chi connectivity index (χ1n) is 11.5. The van der Waals surface area contributed by atoms with E-state index in [0.29, 0.717) is 27.8 Å². The summed E-state index contributed by atoms with van der Waals surface area (Å²) in [6.45, 7) is 0.0724. The number of nitrogens with one attached hydrogen (secondary N) is 1. The van der Waals surface area contributed by atoms with Crippen molar-refractivity contribution in [2.75, 3.05) is 6.54 Å². The molecule has 4 aliphatic rings. The molecule has 12 heteroatoms. The molecule has 0 radical (unpaired) electrons. The minimum absolute atomic E-state index is 0.0724. The van der Waals surface area contributed by atoms with Gasteiger partial charge < -0.3 is 25.2 Å². The maximum Gasteiger partial charge on any atom is 0.237 e. The summed E-state index contributed by atoms with van der Waals surface area (Å²) in [5.41, 5.74) is 0.621. The van der Waals surface area contributed by atoms with Crippen molar-refractivity contribution in [3.05, 3.63) is 63.9 Å². The number of ether oxygens (including phenoxy) is 1.